The van der Waals surface area contributed by atoms with Crippen LogP contribution in [0.2, 0.25) is 0 Å². The van der Waals surface area contributed by atoms with Gasteiger partial charge < -0.3 is 5.11 Å². The number of hydrogen-bond donors (Lipinski definition) is 2. The van der Waals surface area contributed by atoms with Crippen molar-refractivity contribution in [3.63, 3.8) is 0 Å². The Morgan fingerprint density at radius 3 is 2.48 bits per heavy atom. The first-order valence-electron chi connectivity index (χ1n) is 6.48. The van der Waals surface area contributed by atoms with Crippen LogP contribution in [0.1, 0.15) is 31.1 Å². The summed E-state index contributed by atoms with van der Waals surface area (Å²) in [5.74, 6) is -0.436. The van der Waals surface area contributed by atoms with Crippen LogP contribution in [0.3, 0.4) is 0 Å². The van der Waals surface area contributed by atoms with E-state index in [0.717, 1.165) is 10.4 Å². The maximum Gasteiger partial charge on any atom is 0.423 e. The first kappa shape index (κ1) is 14.8. The van der Waals surface area contributed by atoms with Gasteiger partial charge in [0, 0.05) is 11.6 Å². The lowest BCUT2D eigenvalue weighted by atomic mass is 10.0. The normalized spacial score (nSPS) is 11.2. The molecule has 0 atom stereocenters. The van der Waals surface area contributed by atoms with Crippen molar-refractivity contribution in [3.05, 3.63) is 42.1 Å². The number of carboxylic acid groups (broad SMARTS) is 1. The zero-order valence-corrected chi connectivity index (χ0v) is 12.1. The Morgan fingerprint density at radius 1 is 1.19 bits per heavy atom. The highest BCUT2D eigenvalue weighted by Crippen LogP contribution is 2.20. The van der Waals surface area contributed by atoms with E-state index in [4.69, 9.17) is 5.11 Å². The average molecular weight is 287 g/mol. The molecule has 0 aliphatic heterocycles. The molecule has 1 aromatic heterocycles. The van der Waals surface area contributed by atoms with Gasteiger partial charge in [0.15, 0.2) is 0 Å². The Kier molecular flexibility index (Phi) is 3.80. The molecule has 21 heavy (non-hydrogen) atoms. The summed E-state index contributed by atoms with van der Waals surface area (Å²) < 4.78 is 0. The molecule has 0 bridgehead atoms. The molecule has 0 radical (unpaired) electrons. The predicted octanol–water partition coefficient (Wildman–Crippen LogP) is 2.66. The van der Waals surface area contributed by atoms with Crippen molar-refractivity contribution in [2.45, 2.75) is 26.3 Å². The van der Waals surface area contributed by atoms with E-state index >= 15 is 0 Å². The fourth-order valence-electron chi connectivity index (χ4n) is 2.02. The summed E-state index contributed by atoms with van der Waals surface area (Å²) in [5.41, 5.74) is 2.36. The number of benzene rings is 1. The average Bonchev–Trinajstić information content (AvgIpc) is 2.42. The molecule has 0 aliphatic rings. The molecule has 0 unspecified atom stereocenters. The number of nitrogens with one attached hydrogen (secondary N) is 1. The smallest absolute Gasteiger partial charge is 0.423 e. The summed E-state index contributed by atoms with van der Waals surface area (Å²) in [4.78, 5) is 27.9. The SMILES string of the molecule is CC(C)(C)N(NC(=O)O)C(=O)c1cccc2cccnc12. The Labute approximate surface area is 122 Å². The van der Waals surface area contributed by atoms with E-state index in [9.17, 15) is 9.59 Å². The molecular weight excluding hydrogens is 270 g/mol. The Morgan fingerprint density at radius 2 is 1.86 bits per heavy atom. The first-order valence-corrected chi connectivity index (χ1v) is 6.48. The van der Waals surface area contributed by atoms with Crippen LogP contribution in [0.25, 0.3) is 10.9 Å². The maximum absolute atomic E-state index is 12.7. The number of para-hydroxylation sites is 1. The zero-order chi connectivity index (χ0) is 15.6. The van der Waals surface area contributed by atoms with Crippen LogP contribution < -0.4 is 5.43 Å². The molecule has 110 valence electrons. The standard InChI is InChI=1S/C15H17N3O3/c1-15(2,3)18(17-14(20)21)13(19)11-8-4-6-10-7-5-9-16-12(10)11/h4-9,17H,1-3H3,(H,20,21). The van der Waals surface area contributed by atoms with Crippen LogP contribution in [0.5, 0.6) is 0 Å². The van der Waals surface area contributed by atoms with Gasteiger partial charge in [-0.3, -0.25) is 9.78 Å². The minimum Gasteiger partial charge on any atom is -0.464 e. The van der Waals surface area contributed by atoms with Gasteiger partial charge in [-0.1, -0.05) is 18.2 Å². The van der Waals surface area contributed by atoms with Gasteiger partial charge in [0.25, 0.3) is 5.91 Å². The Balaban J connectivity index is 2.51. The van der Waals surface area contributed by atoms with Gasteiger partial charge in [0.05, 0.1) is 16.6 Å². The number of carbonyl (C=O) groups is 2. The highest BCUT2D eigenvalue weighted by atomic mass is 16.4. The van der Waals surface area contributed by atoms with Gasteiger partial charge in [-0.15, -0.1) is 0 Å². The lowest BCUT2D eigenvalue weighted by Gasteiger charge is -2.34. The van der Waals surface area contributed by atoms with E-state index in [2.05, 4.69) is 10.4 Å². The zero-order valence-electron chi connectivity index (χ0n) is 12.1. The fraction of sp³-hybridized carbons (Fsp3) is 0.267. The number of hydrogen-bond acceptors (Lipinski definition) is 3. The summed E-state index contributed by atoms with van der Waals surface area (Å²) in [7, 11) is 0. The summed E-state index contributed by atoms with van der Waals surface area (Å²) in [6, 6.07) is 8.88. The molecule has 1 heterocycles. The van der Waals surface area contributed by atoms with Crippen LogP contribution >= 0.6 is 0 Å². The van der Waals surface area contributed by atoms with Crippen LogP contribution in [0, 0.1) is 0 Å². The minimum absolute atomic E-state index is 0.358. The van der Waals surface area contributed by atoms with E-state index in [0.29, 0.717) is 11.1 Å². The molecule has 2 amide bonds. The largest absolute Gasteiger partial charge is 0.464 e. The molecule has 0 aliphatic carbocycles. The Bertz CT molecular complexity index is 687. The van der Waals surface area contributed by atoms with Gasteiger partial charge in [-0.05, 0) is 32.9 Å². The summed E-state index contributed by atoms with van der Waals surface area (Å²) >= 11 is 0. The number of fused-ring (bicyclic) bond motifs is 1. The second-order valence-electron chi connectivity index (χ2n) is 5.61. The fourth-order valence-corrected chi connectivity index (χ4v) is 2.02. The van der Waals surface area contributed by atoms with Crippen molar-refractivity contribution in [2.75, 3.05) is 0 Å². The second-order valence-corrected chi connectivity index (χ2v) is 5.61. The highest BCUT2D eigenvalue weighted by Gasteiger charge is 2.30. The molecule has 0 fully saturated rings. The van der Waals surface area contributed by atoms with Crippen LogP contribution in [-0.4, -0.2) is 32.6 Å². The van der Waals surface area contributed by atoms with Crippen LogP contribution in [0.4, 0.5) is 4.79 Å². The van der Waals surface area contributed by atoms with E-state index in [-0.39, 0.29) is 0 Å². The third-order valence-electron chi connectivity index (χ3n) is 2.94. The van der Waals surface area contributed by atoms with Gasteiger partial charge >= 0.3 is 6.09 Å². The van der Waals surface area contributed by atoms with Crippen LogP contribution in [0.15, 0.2) is 36.5 Å². The quantitative estimate of drug-likeness (QED) is 0.790. The van der Waals surface area contributed by atoms with E-state index in [1.165, 1.54) is 0 Å². The molecule has 2 aromatic rings. The van der Waals surface area contributed by atoms with E-state index < -0.39 is 17.5 Å². The number of pyridine rings is 1. The van der Waals surface area contributed by atoms with Gasteiger partial charge in [0.2, 0.25) is 0 Å². The number of aromatic nitrogens is 1. The topological polar surface area (TPSA) is 82.5 Å². The van der Waals surface area contributed by atoms with Crippen molar-refractivity contribution in [1.82, 2.24) is 15.4 Å². The third-order valence-corrected chi connectivity index (χ3v) is 2.94. The summed E-state index contributed by atoms with van der Waals surface area (Å²) in [5, 5.41) is 10.9. The van der Waals surface area contributed by atoms with Crippen molar-refractivity contribution in [1.29, 1.82) is 0 Å². The molecule has 6 heteroatoms. The molecule has 1 aromatic carbocycles. The summed E-state index contributed by atoms with van der Waals surface area (Å²) in [6.07, 6.45) is 0.317. The minimum atomic E-state index is -1.29. The molecule has 0 saturated carbocycles. The van der Waals surface area contributed by atoms with Gasteiger partial charge in [0.1, 0.15) is 0 Å². The number of carbonyl (C=O) groups excluding carboxylic acids is 1. The van der Waals surface area contributed by atoms with Crippen molar-refractivity contribution in [2.24, 2.45) is 0 Å². The van der Waals surface area contributed by atoms with Crippen molar-refractivity contribution < 1.29 is 14.7 Å². The van der Waals surface area contributed by atoms with Crippen molar-refractivity contribution >= 4 is 22.9 Å². The van der Waals surface area contributed by atoms with Gasteiger partial charge in [-0.25, -0.2) is 15.2 Å². The van der Waals surface area contributed by atoms with E-state index in [1.54, 1.807) is 45.2 Å². The second kappa shape index (κ2) is 5.40. The highest BCUT2D eigenvalue weighted by molar-refractivity contribution is 6.05. The molecular formula is C15H17N3O3. The maximum atomic E-state index is 12.7. The molecule has 0 spiro atoms. The lowest BCUT2D eigenvalue weighted by Crippen LogP contribution is -2.55. The Hall–Kier alpha value is -2.63. The molecule has 2 rings (SSSR count). The third kappa shape index (κ3) is 3.10. The van der Waals surface area contributed by atoms with Gasteiger partial charge in [-0.2, -0.15) is 0 Å². The summed E-state index contributed by atoms with van der Waals surface area (Å²) in [6.45, 7) is 5.25. The predicted molar refractivity (Wildman–Crippen MR) is 78.8 cm³/mol. The molecule has 0 saturated heterocycles. The number of nitrogens with zero attached hydrogens (tertiary/aromatic N) is 2. The van der Waals surface area contributed by atoms with Crippen molar-refractivity contribution in [3.8, 4) is 0 Å². The number of hydrazine groups is 1. The van der Waals surface area contributed by atoms with E-state index in [1.807, 2.05) is 12.1 Å². The first-order chi connectivity index (χ1) is 9.80. The monoisotopic (exact) mass is 287 g/mol. The molecule has 6 nitrogen and oxygen atoms in total. The molecule has 2 N–H and O–H groups in total. The lowest BCUT2D eigenvalue weighted by molar-refractivity contribution is 0.0403. The van der Waals surface area contributed by atoms with Crippen LogP contribution in [-0.2, 0) is 0 Å². The number of amides is 2. The number of rotatable bonds is 1.